The Morgan fingerprint density at radius 2 is 2.00 bits per heavy atom. The molecule has 1 heterocycles. The molecule has 0 atom stereocenters. The summed E-state index contributed by atoms with van der Waals surface area (Å²) in [5, 5.41) is 2.59. The van der Waals surface area contributed by atoms with Crippen LogP contribution in [0.15, 0.2) is 30.3 Å². The van der Waals surface area contributed by atoms with Crippen LogP contribution >= 0.6 is 0 Å². The highest BCUT2D eigenvalue weighted by atomic mass is 16.5. The zero-order valence-corrected chi connectivity index (χ0v) is 15.3. The Labute approximate surface area is 154 Å². The number of carbonyl (C=O) groups excluding carboxylic acids is 1. The summed E-state index contributed by atoms with van der Waals surface area (Å²) in [6.45, 7) is 2.20. The van der Waals surface area contributed by atoms with E-state index in [4.69, 9.17) is 9.47 Å². The molecule has 1 aromatic heterocycles. The van der Waals surface area contributed by atoms with Gasteiger partial charge in [-0.2, -0.15) is 4.98 Å². The predicted octanol–water partition coefficient (Wildman–Crippen LogP) is 2.64. The number of methoxy groups -OCH3 is 1. The van der Waals surface area contributed by atoms with Crippen molar-refractivity contribution in [2.45, 2.75) is 32.8 Å². The van der Waals surface area contributed by atoms with E-state index in [2.05, 4.69) is 27.1 Å². The number of hydrogen-bond donors (Lipinski definition) is 1. The molecule has 0 fully saturated rings. The summed E-state index contributed by atoms with van der Waals surface area (Å²) >= 11 is 0. The van der Waals surface area contributed by atoms with Crippen LogP contribution in [0.3, 0.4) is 0 Å². The second-order valence-corrected chi connectivity index (χ2v) is 5.60. The number of nitrogens with one attached hydrogen (secondary N) is 1. The lowest BCUT2D eigenvalue weighted by Gasteiger charge is -2.07. The Kier molecular flexibility index (Phi) is 7.44. The summed E-state index contributed by atoms with van der Waals surface area (Å²) in [4.78, 5) is 19.7. The Morgan fingerprint density at radius 3 is 2.69 bits per heavy atom. The van der Waals surface area contributed by atoms with Crippen LogP contribution in [0.25, 0.3) is 0 Å². The minimum absolute atomic E-state index is 0.0268. The SMILES string of the molecule is CNC(=O)CCCC#Cc1cc(OCc2ccc(OC)cc2)nc(C)n1. The largest absolute Gasteiger partial charge is 0.497 e. The summed E-state index contributed by atoms with van der Waals surface area (Å²) in [7, 11) is 3.27. The maximum absolute atomic E-state index is 11.2. The van der Waals surface area contributed by atoms with Gasteiger partial charge in [-0.05, 0) is 37.0 Å². The molecule has 0 radical (unpaired) electrons. The molecule has 0 aliphatic heterocycles. The second-order valence-electron chi connectivity index (χ2n) is 5.60. The van der Waals surface area contributed by atoms with Crippen molar-refractivity contribution >= 4 is 5.91 Å². The summed E-state index contributed by atoms with van der Waals surface area (Å²) in [5.74, 6) is 7.96. The molecule has 6 heteroatoms. The Balaban J connectivity index is 1.92. The molecule has 2 aromatic rings. The molecule has 0 aliphatic rings. The lowest BCUT2D eigenvalue weighted by molar-refractivity contribution is -0.120. The lowest BCUT2D eigenvalue weighted by Crippen LogP contribution is -2.16. The van der Waals surface area contributed by atoms with Crippen molar-refractivity contribution in [1.29, 1.82) is 0 Å². The molecular weight excluding hydrogens is 330 g/mol. The molecule has 0 aliphatic carbocycles. The van der Waals surface area contributed by atoms with Gasteiger partial charge in [-0.3, -0.25) is 4.79 Å². The third kappa shape index (κ3) is 6.44. The van der Waals surface area contributed by atoms with E-state index in [0.717, 1.165) is 17.7 Å². The quantitative estimate of drug-likeness (QED) is 0.612. The van der Waals surface area contributed by atoms with Crippen LogP contribution < -0.4 is 14.8 Å². The Bertz CT molecular complexity index is 792. The van der Waals surface area contributed by atoms with Crippen molar-refractivity contribution in [2.24, 2.45) is 0 Å². The minimum Gasteiger partial charge on any atom is -0.497 e. The molecule has 136 valence electrons. The molecule has 0 saturated carbocycles. The normalized spacial score (nSPS) is 9.81. The molecule has 1 amide bonds. The summed E-state index contributed by atoms with van der Waals surface area (Å²) < 4.78 is 10.9. The molecular formula is C20H23N3O3. The number of nitrogens with zero attached hydrogens (tertiary/aromatic N) is 2. The number of unbranched alkanes of at least 4 members (excludes halogenated alkanes) is 1. The van der Waals surface area contributed by atoms with E-state index in [1.54, 1.807) is 27.1 Å². The van der Waals surface area contributed by atoms with Crippen LogP contribution in [0.4, 0.5) is 0 Å². The molecule has 1 aromatic carbocycles. The topological polar surface area (TPSA) is 73.3 Å². The lowest BCUT2D eigenvalue weighted by atomic mass is 10.2. The predicted molar refractivity (Wildman–Crippen MR) is 98.9 cm³/mol. The van der Waals surface area contributed by atoms with E-state index in [9.17, 15) is 4.79 Å². The molecule has 0 saturated heterocycles. The van der Waals surface area contributed by atoms with Crippen LogP contribution in [-0.4, -0.2) is 30.0 Å². The standard InChI is InChI=1S/C20H23N3O3/c1-15-22-17(7-5-4-6-8-19(24)21-2)13-20(23-15)26-14-16-9-11-18(25-3)12-10-16/h9-13H,4,6,8,14H2,1-3H3,(H,21,24). The minimum atomic E-state index is 0.0268. The Morgan fingerprint density at radius 1 is 1.23 bits per heavy atom. The number of hydrogen-bond acceptors (Lipinski definition) is 5. The number of benzene rings is 1. The summed E-state index contributed by atoms with van der Waals surface area (Å²) in [6, 6.07) is 9.39. The van der Waals surface area contributed by atoms with Crippen molar-refractivity contribution in [3.05, 3.63) is 47.4 Å². The van der Waals surface area contributed by atoms with Gasteiger partial charge in [0, 0.05) is 26.0 Å². The number of aromatic nitrogens is 2. The maximum Gasteiger partial charge on any atom is 0.219 e. The van der Waals surface area contributed by atoms with Gasteiger partial charge in [-0.15, -0.1) is 0 Å². The first kappa shape index (κ1) is 19.3. The number of amides is 1. The van der Waals surface area contributed by atoms with Crippen molar-refractivity contribution < 1.29 is 14.3 Å². The van der Waals surface area contributed by atoms with Gasteiger partial charge in [0.2, 0.25) is 11.8 Å². The van der Waals surface area contributed by atoms with Gasteiger partial charge in [-0.1, -0.05) is 18.1 Å². The van der Waals surface area contributed by atoms with E-state index in [1.807, 2.05) is 24.3 Å². The van der Waals surface area contributed by atoms with Gasteiger partial charge in [0.1, 0.15) is 23.9 Å². The molecule has 26 heavy (non-hydrogen) atoms. The fourth-order valence-electron chi connectivity index (χ4n) is 2.17. The zero-order valence-electron chi connectivity index (χ0n) is 15.3. The highest BCUT2D eigenvalue weighted by Gasteiger charge is 2.03. The fourth-order valence-corrected chi connectivity index (χ4v) is 2.17. The van der Waals surface area contributed by atoms with Gasteiger partial charge in [0.25, 0.3) is 0 Å². The van der Waals surface area contributed by atoms with E-state index in [0.29, 0.717) is 36.8 Å². The highest BCUT2D eigenvalue weighted by molar-refractivity contribution is 5.75. The van der Waals surface area contributed by atoms with E-state index in [-0.39, 0.29) is 5.91 Å². The third-order valence-electron chi connectivity index (χ3n) is 3.56. The average molecular weight is 353 g/mol. The van der Waals surface area contributed by atoms with Gasteiger partial charge >= 0.3 is 0 Å². The van der Waals surface area contributed by atoms with Gasteiger partial charge in [-0.25, -0.2) is 4.98 Å². The van der Waals surface area contributed by atoms with Crippen molar-refractivity contribution in [3.63, 3.8) is 0 Å². The van der Waals surface area contributed by atoms with Crippen LogP contribution in [0.1, 0.15) is 36.3 Å². The van der Waals surface area contributed by atoms with Gasteiger partial charge in [0.05, 0.1) is 7.11 Å². The second kappa shape index (κ2) is 10.0. The highest BCUT2D eigenvalue weighted by Crippen LogP contribution is 2.14. The number of ether oxygens (including phenoxy) is 2. The van der Waals surface area contributed by atoms with E-state index < -0.39 is 0 Å². The monoisotopic (exact) mass is 353 g/mol. The summed E-state index contributed by atoms with van der Waals surface area (Å²) in [6.07, 6.45) is 1.83. The van der Waals surface area contributed by atoms with Crippen molar-refractivity contribution in [2.75, 3.05) is 14.2 Å². The molecule has 0 unspecified atom stereocenters. The number of carbonyl (C=O) groups is 1. The zero-order chi connectivity index (χ0) is 18.8. The van der Waals surface area contributed by atoms with E-state index >= 15 is 0 Å². The van der Waals surface area contributed by atoms with Crippen LogP contribution in [0.2, 0.25) is 0 Å². The Hall–Kier alpha value is -3.07. The first-order valence-electron chi connectivity index (χ1n) is 8.41. The molecule has 1 N–H and O–H groups in total. The molecule has 0 bridgehead atoms. The smallest absolute Gasteiger partial charge is 0.219 e. The summed E-state index contributed by atoms with van der Waals surface area (Å²) in [5.41, 5.74) is 1.63. The number of rotatable bonds is 7. The average Bonchev–Trinajstić information content (AvgIpc) is 2.66. The maximum atomic E-state index is 11.2. The van der Waals surface area contributed by atoms with Crippen LogP contribution in [0.5, 0.6) is 11.6 Å². The van der Waals surface area contributed by atoms with Crippen LogP contribution in [-0.2, 0) is 11.4 Å². The van der Waals surface area contributed by atoms with E-state index in [1.165, 1.54) is 0 Å². The van der Waals surface area contributed by atoms with Crippen LogP contribution in [0, 0.1) is 18.8 Å². The van der Waals surface area contributed by atoms with Gasteiger partial charge < -0.3 is 14.8 Å². The first-order chi connectivity index (χ1) is 12.6. The fraction of sp³-hybridized carbons (Fsp3) is 0.350. The molecule has 2 rings (SSSR count). The number of aryl methyl sites for hydroxylation is 1. The van der Waals surface area contributed by atoms with Gasteiger partial charge in [0.15, 0.2) is 0 Å². The molecule has 0 spiro atoms. The molecule has 6 nitrogen and oxygen atoms in total. The van der Waals surface area contributed by atoms with Crippen molar-refractivity contribution in [3.8, 4) is 23.5 Å². The third-order valence-corrected chi connectivity index (χ3v) is 3.56. The van der Waals surface area contributed by atoms with Crippen molar-refractivity contribution in [1.82, 2.24) is 15.3 Å². The first-order valence-corrected chi connectivity index (χ1v) is 8.41.